The van der Waals surface area contributed by atoms with Crippen molar-refractivity contribution in [2.45, 2.75) is 65.3 Å². The van der Waals surface area contributed by atoms with E-state index in [4.69, 9.17) is 9.47 Å². The van der Waals surface area contributed by atoms with Gasteiger partial charge in [0.25, 0.3) is 0 Å². The molecule has 3 aliphatic rings. The van der Waals surface area contributed by atoms with Gasteiger partial charge in [0, 0.05) is 24.9 Å². The quantitative estimate of drug-likeness (QED) is 0.476. The Morgan fingerprint density at radius 2 is 2.29 bits per heavy atom. The number of hydrogen-bond donors (Lipinski definition) is 0. The summed E-state index contributed by atoms with van der Waals surface area (Å²) in [7, 11) is 0. The maximum atomic E-state index is 6.28. The van der Waals surface area contributed by atoms with Gasteiger partial charge in [-0.05, 0) is 71.1 Å². The number of hydrogen-bond acceptors (Lipinski definition) is 2. The molecule has 1 aliphatic carbocycles. The molecule has 118 valence electrons. The first-order valence-corrected chi connectivity index (χ1v) is 9.35. The lowest BCUT2D eigenvalue weighted by Crippen LogP contribution is -2.40. The first-order chi connectivity index (χ1) is 9.99. The van der Waals surface area contributed by atoms with E-state index in [1.807, 2.05) is 0 Å². The zero-order valence-corrected chi connectivity index (χ0v) is 15.6. The SMILES string of the molecule is CC(C)=CCC[C@@]1(C)C=C(I)C[C@H]2O[C@@H]3OCCC[C@@H]3[C@@H]21. The summed E-state index contributed by atoms with van der Waals surface area (Å²) in [4.78, 5) is 0. The lowest BCUT2D eigenvalue weighted by Gasteiger charge is -2.42. The monoisotopic (exact) mass is 402 g/mol. The van der Waals surface area contributed by atoms with Crippen molar-refractivity contribution in [1.82, 2.24) is 0 Å². The molecule has 2 nitrogen and oxygen atoms in total. The Bertz CT molecular complexity index is 452. The lowest BCUT2D eigenvalue weighted by molar-refractivity contribution is -0.166. The van der Waals surface area contributed by atoms with Gasteiger partial charge >= 0.3 is 0 Å². The highest BCUT2D eigenvalue weighted by Crippen LogP contribution is 2.55. The summed E-state index contributed by atoms with van der Waals surface area (Å²) in [5, 5.41) is 0. The van der Waals surface area contributed by atoms with Crippen molar-refractivity contribution in [3.05, 3.63) is 21.3 Å². The molecule has 0 aromatic carbocycles. The molecule has 0 unspecified atom stereocenters. The second-order valence-corrected chi connectivity index (χ2v) is 8.75. The summed E-state index contributed by atoms with van der Waals surface area (Å²) >= 11 is 2.50. The molecule has 0 N–H and O–H groups in total. The highest BCUT2D eigenvalue weighted by atomic mass is 127. The van der Waals surface area contributed by atoms with Crippen LogP contribution in [0.15, 0.2) is 21.3 Å². The number of rotatable bonds is 3. The number of halogens is 1. The minimum Gasteiger partial charge on any atom is -0.352 e. The van der Waals surface area contributed by atoms with Crippen LogP contribution in [0.4, 0.5) is 0 Å². The topological polar surface area (TPSA) is 18.5 Å². The Morgan fingerprint density at radius 3 is 3.05 bits per heavy atom. The minimum atomic E-state index is 0.0622. The Hall–Kier alpha value is 0.130. The average Bonchev–Trinajstić information content (AvgIpc) is 2.76. The van der Waals surface area contributed by atoms with Crippen LogP contribution in [0, 0.1) is 17.3 Å². The van der Waals surface area contributed by atoms with E-state index in [1.165, 1.54) is 34.8 Å². The second-order valence-electron chi connectivity index (χ2n) is 7.37. The molecule has 0 bridgehead atoms. The fraction of sp³-hybridized carbons (Fsp3) is 0.778. The van der Waals surface area contributed by atoms with Crippen molar-refractivity contribution < 1.29 is 9.47 Å². The van der Waals surface area contributed by atoms with E-state index in [2.05, 4.69) is 55.5 Å². The van der Waals surface area contributed by atoms with Crippen molar-refractivity contribution in [1.29, 1.82) is 0 Å². The van der Waals surface area contributed by atoms with Gasteiger partial charge in [-0.2, -0.15) is 0 Å². The molecular weight excluding hydrogens is 375 g/mol. The second kappa shape index (κ2) is 6.32. The molecule has 2 saturated heterocycles. The number of allylic oxidation sites excluding steroid dienone is 3. The van der Waals surface area contributed by atoms with Crippen LogP contribution in [0.25, 0.3) is 0 Å². The molecule has 0 spiro atoms. The van der Waals surface area contributed by atoms with Crippen LogP contribution in [0.3, 0.4) is 0 Å². The third-order valence-corrected chi connectivity index (χ3v) is 6.12. The first-order valence-electron chi connectivity index (χ1n) is 8.27. The van der Waals surface area contributed by atoms with Crippen molar-refractivity contribution in [3.8, 4) is 0 Å². The zero-order valence-electron chi connectivity index (χ0n) is 13.4. The fourth-order valence-corrected chi connectivity index (χ4v) is 5.65. The summed E-state index contributed by atoms with van der Waals surface area (Å²) in [5.74, 6) is 1.23. The van der Waals surface area contributed by atoms with Gasteiger partial charge in [0.2, 0.25) is 0 Å². The van der Waals surface area contributed by atoms with Gasteiger partial charge in [-0.1, -0.05) is 24.6 Å². The van der Waals surface area contributed by atoms with Crippen LogP contribution >= 0.6 is 22.6 Å². The van der Waals surface area contributed by atoms with Gasteiger partial charge in [-0.15, -0.1) is 0 Å². The van der Waals surface area contributed by atoms with E-state index in [-0.39, 0.29) is 11.7 Å². The van der Waals surface area contributed by atoms with Crippen LogP contribution < -0.4 is 0 Å². The molecule has 3 rings (SSSR count). The average molecular weight is 402 g/mol. The Kier molecular flexibility index (Phi) is 4.82. The molecule has 0 saturated carbocycles. The van der Waals surface area contributed by atoms with E-state index in [1.54, 1.807) is 0 Å². The Labute approximate surface area is 142 Å². The van der Waals surface area contributed by atoms with E-state index in [9.17, 15) is 0 Å². The number of fused-ring (bicyclic) bond motifs is 3. The third kappa shape index (κ3) is 3.25. The van der Waals surface area contributed by atoms with Crippen LogP contribution in [0.2, 0.25) is 0 Å². The summed E-state index contributed by atoms with van der Waals surface area (Å²) in [6.45, 7) is 7.70. The van der Waals surface area contributed by atoms with Gasteiger partial charge in [-0.25, -0.2) is 0 Å². The van der Waals surface area contributed by atoms with Crippen molar-refractivity contribution >= 4 is 22.6 Å². The van der Waals surface area contributed by atoms with Crippen molar-refractivity contribution in [3.63, 3.8) is 0 Å². The minimum absolute atomic E-state index is 0.0622. The normalized spacial score (nSPS) is 42.0. The highest BCUT2D eigenvalue weighted by Gasteiger charge is 2.54. The Balaban J connectivity index is 1.82. The van der Waals surface area contributed by atoms with E-state index in [0.29, 0.717) is 17.9 Å². The molecule has 0 amide bonds. The van der Waals surface area contributed by atoms with Crippen molar-refractivity contribution in [2.24, 2.45) is 17.3 Å². The molecule has 0 aromatic rings. The van der Waals surface area contributed by atoms with Gasteiger partial charge in [0.05, 0.1) is 6.10 Å². The molecule has 5 atom stereocenters. The summed E-state index contributed by atoms with van der Waals surface area (Å²) in [5.41, 5.74) is 1.68. The lowest BCUT2D eigenvalue weighted by atomic mass is 9.62. The molecule has 21 heavy (non-hydrogen) atoms. The van der Waals surface area contributed by atoms with Crippen LogP contribution in [-0.2, 0) is 9.47 Å². The molecular formula is C18H27IO2. The van der Waals surface area contributed by atoms with Gasteiger partial charge in [0.15, 0.2) is 6.29 Å². The summed E-state index contributed by atoms with van der Waals surface area (Å²) < 4.78 is 13.6. The Morgan fingerprint density at radius 1 is 1.48 bits per heavy atom. The van der Waals surface area contributed by atoms with Crippen LogP contribution in [0.1, 0.15) is 52.9 Å². The molecule has 2 fully saturated rings. The summed E-state index contributed by atoms with van der Waals surface area (Å²) in [6, 6.07) is 0. The van der Waals surface area contributed by atoms with Crippen molar-refractivity contribution in [2.75, 3.05) is 6.61 Å². The molecule has 2 aliphatic heterocycles. The largest absolute Gasteiger partial charge is 0.352 e. The predicted molar refractivity (Wildman–Crippen MR) is 94.3 cm³/mol. The summed E-state index contributed by atoms with van der Waals surface area (Å²) in [6.07, 6.45) is 11.3. The smallest absolute Gasteiger partial charge is 0.161 e. The maximum absolute atomic E-state index is 6.28. The zero-order chi connectivity index (χ0) is 15.0. The van der Waals surface area contributed by atoms with Gasteiger partial charge in [-0.3, -0.25) is 0 Å². The van der Waals surface area contributed by atoms with Gasteiger partial charge < -0.3 is 9.47 Å². The molecule has 2 heterocycles. The number of ether oxygens (including phenoxy) is 2. The van der Waals surface area contributed by atoms with Crippen LogP contribution in [-0.4, -0.2) is 19.0 Å². The van der Waals surface area contributed by atoms with Gasteiger partial charge in [0.1, 0.15) is 0 Å². The fourth-order valence-electron chi connectivity index (χ4n) is 4.50. The van der Waals surface area contributed by atoms with E-state index < -0.39 is 0 Å². The molecule has 3 heteroatoms. The van der Waals surface area contributed by atoms with Crippen LogP contribution in [0.5, 0.6) is 0 Å². The third-order valence-electron chi connectivity index (χ3n) is 5.36. The van der Waals surface area contributed by atoms with E-state index >= 15 is 0 Å². The maximum Gasteiger partial charge on any atom is 0.161 e. The standard InChI is InChI=1S/C18H27IO2/c1-12(2)6-4-8-18(3)11-13(19)10-15-16(18)14-7-5-9-20-17(14)21-15/h6,11,14-17H,4-5,7-10H2,1-3H3/t14-,15-,16+,17+,18+/m1/s1. The van der Waals surface area contributed by atoms with E-state index in [0.717, 1.165) is 13.0 Å². The molecule has 0 aromatic heterocycles. The highest BCUT2D eigenvalue weighted by molar-refractivity contribution is 14.1. The molecule has 0 radical (unpaired) electrons. The predicted octanol–water partition coefficient (Wildman–Crippen LogP) is 5.23. The first kappa shape index (κ1) is 16.0.